The van der Waals surface area contributed by atoms with E-state index >= 15 is 0 Å². The number of methoxy groups -OCH3 is 2. The van der Waals surface area contributed by atoms with Crippen molar-refractivity contribution < 1.29 is 24.2 Å². The summed E-state index contributed by atoms with van der Waals surface area (Å²) in [5, 5.41) is 9.93. The van der Waals surface area contributed by atoms with Crippen molar-refractivity contribution in [2.24, 2.45) is 0 Å². The van der Waals surface area contributed by atoms with E-state index in [0.717, 1.165) is 57.8 Å². The molecule has 0 radical (unpaired) electrons. The van der Waals surface area contributed by atoms with Crippen LogP contribution in [0.4, 0.5) is 0 Å². The molecule has 25 heavy (non-hydrogen) atoms. The fourth-order valence-electron chi connectivity index (χ4n) is 2.62. The van der Waals surface area contributed by atoms with Gasteiger partial charge >= 0.3 is 5.97 Å². The van der Waals surface area contributed by atoms with Crippen LogP contribution in [0.5, 0.6) is 0 Å². The summed E-state index contributed by atoms with van der Waals surface area (Å²) in [6.07, 6.45) is 11.9. The number of aliphatic hydroxyl groups is 1. The number of esters is 1. The van der Waals surface area contributed by atoms with Crippen molar-refractivity contribution in [3.8, 4) is 0 Å². The normalized spacial score (nSPS) is 13.8. The summed E-state index contributed by atoms with van der Waals surface area (Å²) < 4.78 is 9.83. The van der Waals surface area contributed by atoms with Gasteiger partial charge in [0.2, 0.25) is 0 Å². The number of hydrogen-bond acceptors (Lipinski definition) is 5. The number of ketones is 1. The largest absolute Gasteiger partial charge is 0.469 e. The van der Waals surface area contributed by atoms with Crippen LogP contribution in [-0.4, -0.2) is 43.3 Å². The maximum atomic E-state index is 12.0. The van der Waals surface area contributed by atoms with E-state index in [9.17, 15) is 14.7 Å². The average Bonchev–Trinajstić information content (AvgIpc) is 2.62. The van der Waals surface area contributed by atoms with E-state index in [1.165, 1.54) is 13.2 Å². The Labute approximate surface area is 152 Å². The molecule has 0 heterocycles. The number of unbranched alkanes of at least 4 members (excludes halogenated alkanes) is 6. The maximum absolute atomic E-state index is 12.0. The minimum Gasteiger partial charge on any atom is -0.469 e. The Hall–Kier alpha value is -1.20. The van der Waals surface area contributed by atoms with E-state index < -0.39 is 12.2 Å². The van der Waals surface area contributed by atoms with E-state index in [1.807, 2.05) is 0 Å². The molecular weight excluding hydrogens is 320 g/mol. The Morgan fingerprint density at radius 2 is 1.60 bits per heavy atom. The van der Waals surface area contributed by atoms with Gasteiger partial charge in [-0.3, -0.25) is 9.59 Å². The highest BCUT2D eigenvalue weighted by Crippen LogP contribution is 2.11. The highest BCUT2D eigenvalue weighted by Gasteiger charge is 2.14. The Morgan fingerprint density at radius 3 is 2.24 bits per heavy atom. The van der Waals surface area contributed by atoms with Crippen molar-refractivity contribution in [3.05, 3.63) is 12.2 Å². The Morgan fingerprint density at radius 1 is 0.960 bits per heavy atom. The minimum absolute atomic E-state index is 0.0690. The van der Waals surface area contributed by atoms with Gasteiger partial charge in [0.15, 0.2) is 5.78 Å². The first-order valence-corrected chi connectivity index (χ1v) is 9.54. The predicted molar refractivity (Wildman–Crippen MR) is 99.4 cm³/mol. The van der Waals surface area contributed by atoms with Gasteiger partial charge in [-0.1, -0.05) is 57.9 Å². The number of ether oxygens (including phenoxy) is 2. The van der Waals surface area contributed by atoms with Crippen LogP contribution in [0.3, 0.4) is 0 Å². The summed E-state index contributed by atoms with van der Waals surface area (Å²) in [5.74, 6) is -0.227. The standard InChI is InChI=1S/C20H36O5/c1-4-5-9-13-19(24-2)18(22)16-15-17(21)12-10-7-6-8-11-14-20(23)25-3/h15-17,19,21H,4-14H2,1-3H3/b16-15+. The van der Waals surface area contributed by atoms with Gasteiger partial charge < -0.3 is 14.6 Å². The van der Waals surface area contributed by atoms with E-state index in [-0.39, 0.29) is 11.8 Å². The fraction of sp³-hybridized carbons (Fsp3) is 0.800. The number of hydrogen-bond donors (Lipinski definition) is 1. The maximum Gasteiger partial charge on any atom is 0.305 e. The molecule has 0 saturated carbocycles. The molecule has 0 aromatic carbocycles. The quantitative estimate of drug-likeness (QED) is 0.257. The first-order valence-electron chi connectivity index (χ1n) is 9.54. The molecule has 0 aromatic heterocycles. The van der Waals surface area contributed by atoms with Gasteiger partial charge in [0.1, 0.15) is 6.10 Å². The van der Waals surface area contributed by atoms with Crippen LogP contribution in [0.15, 0.2) is 12.2 Å². The Kier molecular flexibility index (Phi) is 15.5. The molecule has 2 unspecified atom stereocenters. The lowest BCUT2D eigenvalue weighted by molar-refractivity contribution is -0.140. The van der Waals surface area contributed by atoms with Gasteiger partial charge in [-0.05, 0) is 25.3 Å². The van der Waals surface area contributed by atoms with Gasteiger partial charge in [0.05, 0.1) is 13.2 Å². The van der Waals surface area contributed by atoms with Crippen molar-refractivity contribution in [3.63, 3.8) is 0 Å². The molecule has 0 saturated heterocycles. The van der Waals surface area contributed by atoms with Crippen LogP contribution in [0.25, 0.3) is 0 Å². The lowest BCUT2D eigenvalue weighted by Crippen LogP contribution is -2.21. The molecule has 5 heteroatoms. The van der Waals surface area contributed by atoms with Crippen LogP contribution in [0.1, 0.15) is 77.6 Å². The third kappa shape index (κ3) is 13.7. The summed E-state index contributed by atoms with van der Waals surface area (Å²) >= 11 is 0. The van der Waals surface area contributed by atoms with E-state index in [2.05, 4.69) is 11.7 Å². The topological polar surface area (TPSA) is 72.8 Å². The average molecular weight is 357 g/mol. The second-order valence-corrected chi connectivity index (χ2v) is 6.43. The molecule has 0 fully saturated rings. The highest BCUT2D eigenvalue weighted by atomic mass is 16.5. The lowest BCUT2D eigenvalue weighted by atomic mass is 10.0. The van der Waals surface area contributed by atoms with Crippen LogP contribution in [0.2, 0.25) is 0 Å². The van der Waals surface area contributed by atoms with Gasteiger partial charge in [-0.25, -0.2) is 0 Å². The summed E-state index contributed by atoms with van der Waals surface area (Å²) in [4.78, 5) is 23.0. The van der Waals surface area contributed by atoms with E-state index in [0.29, 0.717) is 12.8 Å². The molecule has 146 valence electrons. The molecule has 1 N–H and O–H groups in total. The van der Waals surface area contributed by atoms with Crippen LogP contribution >= 0.6 is 0 Å². The molecule has 2 atom stereocenters. The number of carbonyl (C=O) groups is 2. The van der Waals surface area contributed by atoms with Gasteiger partial charge in [0.25, 0.3) is 0 Å². The molecule has 0 spiro atoms. The molecule has 5 nitrogen and oxygen atoms in total. The van der Waals surface area contributed by atoms with Crippen molar-refractivity contribution in [2.75, 3.05) is 14.2 Å². The fourth-order valence-corrected chi connectivity index (χ4v) is 2.62. The molecular formula is C20H36O5. The predicted octanol–water partition coefficient (Wildman–Crippen LogP) is 3.97. The summed E-state index contributed by atoms with van der Waals surface area (Å²) in [6, 6.07) is 0. The summed E-state index contributed by atoms with van der Waals surface area (Å²) in [6.45, 7) is 2.12. The van der Waals surface area contributed by atoms with E-state index in [1.54, 1.807) is 13.2 Å². The van der Waals surface area contributed by atoms with Gasteiger partial charge in [-0.2, -0.15) is 0 Å². The van der Waals surface area contributed by atoms with Crippen LogP contribution < -0.4 is 0 Å². The van der Waals surface area contributed by atoms with Gasteiger partial charge in [0, 0.05) is 13.5 Å². The van der Waals surface area contributed by atoms with Crippen molar-refractivity contribution in [2.45, 2.75) is 89.8 Å². The van der Waals surface area contributed by atoms with Crippen molar-refractivity contribution >= 4 is 11.8 Å². The molecule has 0 aliphatic carbocycles. The molecule has 0 aromatic rings. The number of carbonyl (C=O) groups excluding carboxylic acids is 2. The van der Waals surface area contributed by atoms with Crippen LogP contribution in [0, 0.1) is 0 Å². The van der Waals surface area contributed by atoms with Crippen LogP contribution in [-0.2, 0) is 19.1 Å². The molecule has 0 aliphatic rings. The Balaban J connectivity index is 3.81. The zero-order chi connectivity index (χ0) is 18.9. The molecule has 0 aliphatic heterocycles. The SMILES string of the molecule is CCCCCC(OC)C(=O)/C=C/C(O)CCCCCCCC(=O)OC. The van der Waals surface area contributed by atoms with E-state index in [4.69, 9.17) is 4.74 Å². The first-order chi connectivity index (χ1) is 12.0. The number of rotatable bonds is 16. The lowest BCUT2D eigenvalue weighted by Gasteiger charge is -2.12. The molecule has 0 bridgehead atoms. The first kappa shape index (κ1) is 23.8. The third-order valence-corrected chi connectivity index (χ3v) is 4.26. The monoisotopic (exact) mass is 356 g/mol. The van der Waals surface area contributed by atoms with Gasteiger partial charge in [-0.15, -0.1) is 0 Å². The Bertz CT molecular complexity index is 378. The third-order valence-electron chi connectivity index (χ3n) is 4.26. The summed E-state index contributed by atoms with van der Waals surface area (Å²) in [5.41, 5.74) is 0. The molecule has 0 amide bonds. The van der Waals surface area contributed by atoms with Crippen molar-refractivity contribution in [1.82, 2.24) is 0 Å². The zero-order valence-electron chi connectivity index (χ0n) is 16.2. The minimum atomic E-state index is -0.591. The van der Waals surface area contributed by atoms with Crippen molar-refractivity contribution in [1.29, 1.82) is 0 Å². The molecule has 0 rings (SSSR count). The summed E-state index contributed by atoms with van der Waals surface area (Å²) in [7, 11) is 2.96. The second kappa shape index (κ2) is 16.3. The second-order valence-electron chi connectivity index (χ2n) is 6.43. The highest BCUT2D eigenvalue weighted by molar-refractivity contribution is 5.93. The zero-order valence-corrected chi connectivity index (χ0v) is 16.2. The smallest absolute Gasteiger partial charge is 0.305 e. The number of aliphatic hydroxyl groups excluding tert-OH is 1.